The van der Waals surface area contributed by atoms with E-state index in [2.05, 4.69) is 34.6 Å². The van der Waals surface area contributed by atoms with Crippen LogP contribution in [0, 0.1) is 0 Å². The summed E-state index contributed by atoms with van der Waals surface area (Å²) in [6, 6.07) is 0. The van der Waals surface area contributed by atoms with Crippen molar-refractivity contribution >= 4 is 30.5 Å². The molecule has 2 atom stereocenters. The van der Waals surface area contributed by atoms with Gasteiger partial charge in [0.05, 0.1) is 26.2 Å². The lowest BCUT2D eigenvalue weighted by Crippen LogP contribution is -2.49. The molecule has 0 radical (unpaired) electrons. The van der Waals surface area contributed by atoms with Crippen LogP contribution in [0.2, 0.25) is 0 Å². The van der Waals surface area contributed by atoms with E-state index in [1.54, 1.807) is 0 Å². The van der Waals surface area contributed by atoms with Crippen LogP contribution >= 0.6 is 6.72 Å². The summed E-state index contributed by atoms with van der Waals surface area (Å²) in [6.07, 6.45) is 31.9. The molecular formula is C43H86NO7PS. The number of likely N-dealkylation sites (N-methyl/N-ethyl adjacent to an activating group) is 1. The first kappa shape index (κ1) is 52.4. The fourth-order valence-corrected chi connectivity index (χ4v) is 8.03. The van der Waals surface area contributed by atoms with Crippen LogP contribution in [0.3, 0.4) is 0 Å². The second kappa shape index (κ2) is 37.0. The predicted octanol–water partition coefficient (Wildman–Crippen LogP) is 11.9. The van der Waals surface area contributed by atoms with Gasteiger partial charge in [0.1, 0.15) is 26.5 Å². The van der Waals surface area contributed by atoms with Gasteiger partial charge in [0, 0.05) is 12.8 Å². The molecule has 0 rings (SSSR count). The highest BCUT2D eigenvalue weighted by Crippen LogP contribution is 2.39. The van der Waals surface area contributed by atoms with Crippen LogP contribution < -0.4 is 4.89 Å². The Labute approximate surface area is 333 Å². The fraction of sp³-hybridized carbons (Fsp3) is 0.953. The summed E-state index contributed by atoms with van der Waals surface area (Å²) in [5.74, 6) is -0.693. The van der Waals surface area contributed by atoms with E-state index in [1.165, 1.54) is 128 Å². The SMILES string of the molecule is CCCCCCCCCCCCCCCC(=O)OC[C@H](COP([O-])(=S)OCC[N+](CC)(CC)CC)OC(=O)CCCCCCCCCCCCCCC. The van der Waals surface area contributed by atoms with E-state index in [1.807, 2.05) is 0 Å². The van der Waals surface area contributed by atoms with E-state index in [0.29, 0.717) is 13.0 Å². The van der Waals surface area contributed by atoms with Crippen molar-refractivity contribution in [3.05, 3.63) is 0 Å². The van der Waals surface area contributed by atoms with Gasteiger partial charge in [0.15, 0.2) is 6.10 Å². The molecule has 1 unspecified atom stereocenters. The standard InChI is InChI=1S/C43H86NO7PS/c1-6-11-13-15-17-19-21-23-25-27-29-31-33-35-42(45)48-39-41(40-50-52(47,53)49-38-37-44(8-3,9-4)10-5)51-43(46)36-34-32-30-28-26-24-22-20-18-16-14-12-7-2/h41H,6-40H2,1-5H3/t41-,52?/m1/s1. The number of hydrogen-bond donors (Lipinski definition) is 0. The number of unbranched alkanes of at least 4 members (excludes halogenated alkanes) is 24. The maximum atomic E-state index is 13.0. The molecule has 0 bridgehead atoms. The zero-order valence-electron chi connectivity index (χ0n) is 35.5. The van der Waals surface area contributed by atoms with Crippen LogP contribution in [0.4, 0.5) is 0 Å². The van der Waals surface area contributed by atoms with Crippen molar-refractivity contribution < 1.29 is 37.5 Å². The van der Waals surface area contributed by atoms with Gasteiger partial charge in [-0.25, -0.2) is 0 Å². The second-order valence-electron chi connectivity index (χ2n) is 15.4. The molecule has 0 saturated carbocycles. The summed E-state index contributed by atoms with van der Waals surface area (Å²) in [6.45, 7) is 10.4. The van der Waals surface area contributed by atoms with Crippen molar-refractivity contribution in [2.45, 2.75) is 221 Å². The van der Waals surface area contributed by atoms with Crippen molar-refractivity contribution in [2.24, 2.45) is 0 Å². The molecule has 316 valence electrons. The van der Waals surface area contributed by atoms with Gasteiger partial charge in [-0.05, 0) is 33.6 Å². The Balaban J connectivity index is 4.54. The first-order chi connectivity index (χ1) is 25.7. The minimum absolute atomic E-state index is 0.154. The number of carbonyl (C=O) groups is 2. The molecule has 0 fully saturated rings. The Morgan fingerprint density at radius 1 is 0.528 bits per heavy atom. The highest BCUT2D eigenvalue weighted by Gasteiger charge is 2.23. The van der Waals surface area contributed by atoms with Gasteiger partial charge in [0.25, 0.3) is 0 Å². The smallest absolute Gasteiger partial charge is 0.306 e. The summed E-state index contributed by atoms with van der Waals surface area (Å²) < 4.78 is 23.1. The van der Waals surface area contributed by atoms with Crippen LogP contribution in [0.15, 0.2) is 0 Å². The van der Waals surface area contributed by atoms with Crippen LogP contribution in [0.1, 0.15) is 214 Å². The van der Waals surface area contributed by atoms with Gasteiger partial charge in [-0.15, -0.1) is 0 Å². The van der Waals surface area contributed by atoms with Gasteiger partial charge in [0.2, 0.25) is 0 Å². The molecule has 0 aromatic rings. The molecule has 0 aliphatic rings. The summed E-state index contributed by atoms with van der Waals surface area (Å²) in [5, 5.41) is 0. The van der Waals surface area contributed by atoms with Crippen molar-refractivity contribution in [1.29, 1.82) is 0 Å². The van der Waals surface area contributed by atoms with Crippen LogP contribution in [0.5, 0.6) is 0 Å². The average Bonchev–Trinajstić information content (AvgIpc) is 3.15. The van der Waals surface area contributed by atoms with Gasteiger partial charge in [-0.3, -0.25) is 9.59 Å². The Bertz CT molecular complexity index is 880. The van der Waals surface area contributed by atoms with E-state index >= 15 is 0 Å². The largest absolute Gasteiger partial charge is 0.780 e. The summed E-state index contributed by atoms with van der Waals surface area (Å²) in [5.41, 5.74) is 0. The lowest BCUT2D eigenvalue weighted by atomic mass is 10.0. The number of quaternary nitrogens is 1. The van der Waals surface area contributed by atoms with E-state index in [4.69, 9.17) is 30.3 Å². The number of rotatable bonds is 41. The maximum Gasteiger partial charge on any atom is 0.306 e. The Hall–Kier alpha value is -0.570. The molecule has 8 nitrogen and oxygen atoms in total. The zero-order chi connectivity index (χ0) is 39.3. The Kier molecular flexibility index (Phi) is 36.6. The first-order valence-corrected chi connectivity index (χ1v) is 25.0. The van der Waals surface area contributed by atoms with Crippen molar-refractivity contribution in [3.63, 3.8) is 0 Å². The average molecular weight is 792 g/mol. The Morgan fingerprint density at radius 3 is 1.26 bits per heavy atom. The molecule has 0 amide bonds. The van der Waals surface area contributed by atoms with Crippen molar-refractivity contribution in [1.82, 2.24) is 0 Å². The monoisotopic (exact) mass is 792 g/mol. The molecule has 0 N–H and O–H groups in total. The van der Waals surface area contributed by atoms with E-state index in [-0.39, 0.29) is 38.2 Å². The molecule has 0 saturated heterocycles. The summed E-state index contributed by atoms with van der Waals surface area (Å²) in [7, 11) is 0. The number of nitrogens with zero attached hydrogens (tertiary/aromatic N) is 1. The molecule has 0 aliphatic heterocycles. The van der Waals surface area contributed by atoms with Gasteiger partial charge < -0.3 is 27.9 Å². The molecular weight excluding hydrogens is 706 g/mol. The third-order valence-corrected chi connectivity index (χ3v) is 12.5. The van der Waals surface area contributed by atoms with E-state index in [0.717, 1.165) is 62.6 Å². The number of esters is 2. The van der Waals surface area contributed by atoms with Crippen molar-refractivity contribution in [2.75, 3.05) is 46.0 Å². The van der Waals surface area contributed by atoms with Gasteiger partial charge >= 0.3 is 11.9 Å². The third-order valence-electron chi connectivity index (χ3n) is 10.9. The normalized spacial score (nSPS) is 13.5. The van der Waals surface area contributed by atoms with Crippen LogP contribution in [0.25, 0.3) is 0 Å². The molecule has 0 spiro atoms. The second-order valence-corrected chi connectivity index (χ2v) is 18.1. The lowest BCUT2D eigenvalue weighted by molar-refractivity contribution is -0.923. The van der Waals surface area contributed by atoms with Crippen molar-refractivity contribution in [3.8, 4) is 0 Å². The molecule has 10 heteroatoms. The summed E-state index contributed by atoms with van der Waals surface area (Å²) in [4.78, 5) is 38.3. The van der Waals surface area contributed by atoms with E-state index in [9.17, 15) is 14.5 Å². The molecule has 0 aliphatic carbocycles. The predicted molar refractivity (Wildman–Crippen MR) is 224 cm³/mol. The zero-order valence-corrected chi connectivity index (χ0v) is 37.2. The van der Waals surface area contributed by atoms with Crippen LogP contribution in [-0.4, -0.2) is 68.5 Å². The molecule has 0 aromatic heterocycles. The van der Waals surface area contributed by atoms with Crippen LogP contribution in [-0.2, 0) is 39.9 Å². The number of carbonyl (C=O) groups excluding carboxylic acids is 2. The minimum atomic E-state index is -3.81. The summed E-state index contributed by atoms with van der Waals surface area (Å²) >= 11 is 5.17. The van der Waals surface area contributed by atoms with E-state index < -0.39 is 12.8 Å². The molecule has 0 heterocycles. The highest BCUT2D eigenvalue weighted by atomic mass is 32.5. The van der Waals surface area contributed by atoms with Gasteiger partial charge in [-0.2, -0.15) is 0 Å². The molecule has 0 aromatic carbocycles. The lowest BCUT2D eigenvalue weighted by Gasteiger charge is -2.37. The molecule has 53 heavy (non-hydrogen) atoms. The quantitative estimate of drug-likeness (QED) is 0.0261. The number of ether oxygens (including phenoxy) is 2. The minimum Gasteiger partial charge on any atom is -0.780 e. The highest BCUT2D eigenvalue weighted by molar-refractivity contribution is 8.06. The fourth-order valence-electron chi connectivity index (χ4n) is 6.90. The van der Waals surface area contributed by atoms with Gasteiger partial charge in [-0.1, -0.05) is 180 Å². The topological polar surface area (TPSA) is 94.1 Å². The maximum absolute atomic E-state index is 13.0. The Morgan fingerprint density at radius 2 is 0.887 bits per heavy atom. The first-order valence-electron chi connectivity index (χ1n) is 22.5. The number of hydrogen-bond acceptors (Lipinski definition) is 8. The third kappa shape index (κ3) is 33.3.